The lowest BCUT2D eigenvalue weighted by atomic mass is 9.88. The lowest BCUT2D eigenvalue weighted by Gasteiger charge is -2.17. The van der Waals surface area contributed by atoms with Gasteiger partial charge in [-0.2, -0.15) is 0 Å². The summed E-state index contributed by atoms with van der Waals surface area (Å²) in [7, 11) is 1.20. The van der Waals surface area contributed by atoms with Gasteiger partial charge in [0, 0.05) is 12.5 Å². The van der Waals surface area contributed by atoms with Gasteiger partial charge in [0.15, 0.2) is 5.78 Å². The first-order chi connectivity index (χ1) is 8.86. The predicted octanol–water partition coefficient (Wildman–Crippen LogP) is 2.52. The van der Waals surface area contributed by atoms with E-state index < -0.39 is 29.3 Å². The van der Waals surface area contributed by atoms with E-state index >= 15 is 0 Å². The molecule has 0 fully saturated rings. The number of hydrogen-bond donors (Lipinski definition) is 0. The predicted molar refractivity (Wildman–Crippen MR) is 65.4 cm³/mol. The fourth-order valence-electron chi connectivity index (χ4n) is 1.87. The van der Waals surface area contributed by atoms with Crippen LogP contribution in [0.1, 0.15) is 19.4 Å². The molecule has 1 aromatic carbocycles. The zero-order valence-electron chi connectivity index (χ0n) is 11.1. The summed E-state index contributed by atoms with van der Waals surface area (Å²) in [5, 5.41) is 0. The van der Waals surface area contributed by atoms with Crippen molar-refractivity contribution < 1.29 is 23.1 Å². The van der Waals surface area contributed by atoms with E-state index in [-0.39, 0.29) is 17.9 Å². The van der Waals surface area contributed by atoms with Crippen LogP contribution in [0.25, 0.3) is 0 Å². The molecule has 0 aromatic heterocycles. The van der Waals surface area contributed by atoms with E-state index in [0.29, 0.717) is 6.07 Å². The number of carbonyl (C=O) groups is 2. The monoisotopic (exact) mass is 270 g/mol. The highest BCUT2D eigenvalue weighted by atomic mass is 19.1. The number of esters is 1. The van der Waals surface area contributed by atoms with Crippen molar-refractivity contribution in [1.82, 2.24) is 0 Å². The summed E-state index contributed by atoms with van der Waals surface area (Å²) < 4.78 is 30.8. The molecule has 19 heavy (non-hydrogen) atoms. The van der Waals surface area contributed by atoms with Gasteiger partial charge in [0.05, 0.1) is 7.11 Å². The Bertz CT molecular complexity index is 484. The minimum absolute atomic E-state index is 0.0703. The van der Waals surface area contributed by atoms with Crippen LogP contribution < -0.4 is 0 Å². The lowest BCUT2D eigenvalue weighted by molar-refractivity contribution is -0.151. The first-order valence-corrected chi connectivity index (χ1v) is 5.91. The quantitative estimate of drug-likeness (QED) is 0.610. The van der Waals surface area contributed by atoms with E-state index in [0.717, 1.165) is 6.07 Å². The number of carbonyl (C=O) groups excluding carboxylic acids is 2. The Kier molecular flexibility index (Phi) is 5.15. The third-order valence-electron chi connectivity index (χ3n) is 2.85. The van der Waals surface area contributed by atoms with Crippen LogP contribution in [0.15, 0.2) is 18.2 Å². The van der Waals surface area contributed by atoms with Gasteiger partial charge in [-0.3, -0.25) is 9.59 Å². The van der Waals surface area contributed by atoms with Crippen molar-refractivity contribution >= 4 is 11.8 Å². The molecule has 1 rings (SSSR count). The molecule has 1 unspecified atom stereocenters. The fourth-order valence-corrected chi connectivity index (χ4v) is 1.87. The highest BCUT2D eigenvalue weighted by molar-refractivity contribution is 6.00. The third-order valence-corrected chi connectivity index (χ3v) is 2.85. The van der Waals surface area contributed by atoms with Crippen LogP contribution in [-0.2, 0) is 20.7 Å². The zero-order chi connectivity index (χ0) is 14.6. The van der Waals surface area contributed by atoms with Crippen molar-refractivity contribution in [1.29, 1.82) is 0 Å². The van der Waals surface area contributed by atoms with Crippen molar-refractivity contribution in [3.05, 3.63) is 35.4 Å². The number of ketones is 1. The van der Waals surface area contributed by atoms with Gasteiger partial charge in [-0.15, -0.1) is 0 Å². The summed E-state index contributed by atoms with van der Waals surface area (Å²) in [6.45, 7) is 3.42. The molecule has 0 aliphatic carbocycles. The summed E-state index contributed by atoms with van der Waals surface area (Å²) in [6.07, 6.45) is -0.260. The van der Waals surface area contributed by atoms with Crippen molar-refractivity contribution in [2.24, 2.45) is 11.8 Å². The number of rotatable bonds is 5. The average molecular weight is 270 g/mol. The molecule has 0 heterocycles. The zero-order valence-corrected chi connectivity index (χ0v) is 11.1. The fraction of sp³-hybridized carbons (Fsp3) is 0.429. The molecule has 3 nitrogen and oxygen atoms in total. The average Bonchev–Trinajstić information content (AvgIpc) is 2.32. The maximum Gasteiger partial charge on any atom is 0.316 e. The second kappa shape index (κ2) is 6.41. The van der Waals surface area contributed by atoms with E-state index in [4.69, 9.17) is 0 Å². The molecule has 0 bridgehead atoms. The maximum atomic E-state index is 13.4. The van der Waals surface area contributed by atoms with Crippen molar-refractivity contribution in [2.75, 3.05) is 7.11 Å². The Morgan fingerprint density at radius 3 is 2.37 bits per heavy atom. The second-order valence-electron chi connectivity index (χ2n) is 4.62. The molecular formula is C14H16F2O3. The van der Waals surface area contributed by atoms with Crippen LogP contribution in [0, 0.1) is 23.5 Å². The molecule has 5 heteroatoms. The Balaban J connectivity index is 2.90. The van der Waals surface area contributed by atoms with Crippen molar-refractivity contribution in [3.8, 4) is 0 Å². The van der Waals surface area contributed by atoms with Crippen LogP contribution >= 0.6 is 0 Å². The molecule has 0 aliphatic heterocycles. The molecule has 1 aromatic rings. The van der Waals surface area contributed by atoms with E-state index in [9.17, 15) is 18.4 Å². The van der Waals surface area contributed by atoms with E-state index in [1.54, 1.807) is 13.8 Å². The Hall–Kier alpha value is -1.78. The van der Waals surface area contributed by atoms with Crippen molar-refractivity contribution in [3.63, 3.8) is 0 Å². The van der Waals surface area contributed by atoms with Gasteiger partial charge in [-0.1, -0.05) is 19.9 Å². The highest BCUT2D eigenvalue weighted by Crippen LogP contribution is 2.18. The topological polar surface area (TPSA) is 43.4 Å². The highest BCUT2D eigenvalue weighted by Gasteiger charge is 2.30. The summed E-state index contributed by atoms with van der Waals surface area (Å²) in [5.74, 6) is -3.75. The largest absolute Gasteiger partial charge is 0.468 e. The molecule has 0 radical (unpaired) electrons. The molecular weight excluding hydrogens is 254 g/mol. The second-order valence-corrected chi connectivity index (χ2v) is 4.62. The van der Waals surface area contributed by atoms with Crippen molar-refractivity contribution in [2.45, 2.75) is 20.3 Å². The van der Waals surface area contributed by atoms with Crippen LogP contribution in [0.4, 0.5) is 8.78 Å². The van der Waals surface area contributed by atoms with E-state index in [1.807, 2.05) is 0 Å². The van der Waals surface area contributed by atoms with Gasteiger partial charge >= 0.3 is 5.97 Å². The Morgan fingerprint density at radius 1 is 1.26 bits per heavy atom. The maximum absolute atomic E-state index is 13.4. The summed E-state index contributed by atoms with van der Waals surface area (Å²) in [5.41, 5.74) is 0.0703. The molecule has 104 valence electrons. The molecule has 1 atom stereocenters. The minimum Gasteiger partial charge on any atom is -0.468 e. The van der Waals surface area contributed by atoms with Gasteiger partial charge in [-0.05, 0) is 17.5 Å². The molecule has 0 N–H and O–H groups in total. The van der Waals surface area contributed by atoms with Gasteiger partial charge in [-0.25, -0.2) is 8.78 Å². The van der Waals surface area contributed by atoms with Gasteiger partial charge in [0.1, 0.15) is 17.6 Å². The van der Waals surface area contributed by atoms with Gasteiger partial charge in [0.25, 0.3) is 0 Å². The van der Waals surface area contributed by atoms with Crippen LogP contribution in [0.3, 0.4) is 0 Å². The number of halogens is 2. The number of Topliss-reactive ketones (excluding diaryl/α,β-unsaturated/α-hetero) is 1. The molecule has 0 spiro atoms. The molecule has 0 aliphatic rings. The van der Waals surface area contributed by atoms with Gasteiger partial charge < -0.3 is 4.74 Å². The molecule has 0 saturated heterocycles. The van der Waals surface area contributed by atoms with Crippen LogP contribution in [0.2, 0.25) is 0 Å². The van der Waals surface area contributed by atoms with Crippen LogP contribution in [0.5, 0.6) is 0 Å². The Labute approximate surface area is 110 Å². The SMILES string of the molecule is COC(=O)C(C(=O)Cc1ccc(F)cc1F)C(C)C. The smallest absolute Gasteiger partial charge is 0.316 e. The van der Waals surface area contributed by atoms with Gasteiger partial charge in [0.2, 0.25) is 0 Å². The summed E-state index contributed by atoms with van der Waals surface area (Å²) >= 11 is 0. The molecule has 0 saturated carbocycles. The van der Waals surface area contributed by atoms with E-state index in [1.165, 1.54) is 13.2 Å². The normalized spacial score (nSPS) is 12.3. The molecule has 0 amide bonds. The first-order valence-electron chi connectivity index (χ1n) is 5.91. The standard InChI is InChI=1S/C14H16F2O3/c1-8(2)13(14(18)19-3)12(17)6-9-4-5-10(15)7-11(9)16/h4-5,7-8,13H,6H2,1-3H3. The van der Waals surface area contributed by atoms with E-state index in [2.05, 4.69) is 4.74 Å². The lowest BCUT2D eigenvalue weighted by Crippen LogP contribution is -2.31. The third kappa shape index (κ3) is 3.84. The van der Waals surface area contributed by atoms with Crippen LogP contribution in [-0.4, -0.2) is 18.9 Å². The Morgan fingerprint density at radius 2 is 1.89 bits per heavy atom. The number of benzene rings is 1. The number of methoxy groups -OCH3 is 1. The number of ether oxygens (including phenoxy) is 1. The minimum atomic E-state index is -0.936. The summed E-state index contributed by atoms with van der Waals surface area (Å²) in [6, 6.07) is 3.00. The first kappa shape index (κ1) is 15.3. The summed E-state index contributed by atoms with van der Waals surface area (Å²) in [4.78, 5) is 23.6. The number of hydrogen-bond acceptors (Lipinski definition) is 3.